The van der Waals surface area contributed by atoms with Crippen LogP contribution >= 0.6 is 23.5 Å². The average Bonchev–Trinajstić information content (AvgIpc) is 3.75. The highest BCUT2D eigenvalue weighted by molar-refractivity contribution is 8.04. The number of carbonyl (C=O) groups is 2. The third-order valence-corrected chi connectivity index (χ3v) is 12.6. The van der Waals surface area contributed by atoms with Gasteiger partial charge in [0.05, 0.1) is 77.8 Å². The molecule has 6 heterocycles. The molecule has 0 aromatic rings. The third-order valence-electron chi connectivity index (χ3n) is 9.68. The molecule has 0 aromatic carbocycles. The smallest absolute Gasteiger partial charge is 0.226 e. The van der Waals surface area contributed by atoms with Crippen LogP contribution in [0.15, 0.2) is 11.1 Å². The van der Waals surface area contributed by atoms with Gasteiger partial charge in [0.25, 0.3) is 0 Å². The van der Waals surface area contributed by atoms with Crippen molar-refractivity contribution in [2.45, 2.75) is 78.5 Å². The number of carbonyl (C=O) groups excluding carboxylic acids is 2. The van der Waals surface area contributed by atoms with Gasteiger partial charge in [0.1, 0.15) is 12.4 Å². The number of ether oxygens (including phenoxy) is 2. The number of fused-ring (bicyclic) bond motifs is 2. The fourth-order valence-electron chi connectivity index (χ4n) is 7.41. The molecule has 1 saturated carbocycles. The number of primary amides is 1. The van der Waals surface area contributed by atoms with Gasteiger partial charge in [0, 0.05) is 38.0 Å². The maximum absolute atomic E-state index is 13.0. The third kappa shape index (κ3) is 5.86. The minimum Gasteiger partial charge on any atom is -0.378 e. The van der Waals surface area contributed by atoms with E-state index in [1.54, 1.807) is 17.8 Å². The highest BCUT2D eigenvalue weighted by Gasteiger charge is 2.52. The van der Waals surface area contributed by atoms with Gasteiger partial charge < -0.3 is 31.2 Å². The molecule has 1 amide bonds. The summed E-state index contributed by atoms with van der Waals surface area (Å²) >= 11 is 3.60. The number of nitrogens with one attached hydrogen (secondary N) is 6. The van der Waals surface area contributed by atoms with Crippen molar-refractivity contribution in [1.82, 2.24) is 41.9 Å². The Hall–Kier alpha value is -1.02. The number of morpholine rings is 1. The van der Waals surface area contributed by atoms with Gasteiger partial charge in [-0.25, -0.2) is 5.43 Å². The molecule has 0 aromatic heterocycles. The van der Waals surface area contributed by atoms with Crippen molar-refractivity contribution >= 4 is 35.2 Å². The number of quaternary nitrogens is 1. The standard InChI is InChI=1S/C26H44N10O4S2/c27-14-3-1-2-4-15(14)32-26-34-23(19(22(28)38)24-30-12-31-36(24)26)33-17-10-29-25(41-17)13-11-40-20-16(37)9-18(42-21(13)20)35-5-7-39-8-6-35/h9,13-15,17,19-21,23-26,29-34H,1-8,10-12,27H2,(H2,28,38)/p+1/t13?,14-,15+,17?,19?,20?,21?,23?,24?,25?,26?/m1/s1. The van der Waals surface area contributed by atoms with Gasteiger partial charge in [-0.3, -0.25) is 30.9 Å². The Bertz CT molecular complexity index is 1050. The van der Waals surface area contributed by atoms with Crippen molar-refractivity contribution in [1.29, 1.82) is 0 Å². The number of nitrogens with two attached hydrogens (primary N) is 1. The molecular formula is C26H45N10O4S2+. The van der Waals surface area contributed by atoms with Gasteiger partial charge in [0.15, 0.2) is 5.78 Å². The molecule has 0 radical (unpaired) electrons. The molecule has 1 aliphatic carbocycles. The second-order valence-electron chi connectivity index (χ2n) is 12.3. The Morgan fingerprint density at radius 3 is 2.81 bits per heavy atom. The number of hydrogen-bond donors (Lipinski definition) is 8. The molecule has 5 saturated heterocycles. The number of rotatable bonds is 7. The molecule has 234 valence electrons. The summed E-state index contributed by atoms with van der Waals surface area (Å²) in [6, 6.07) is 0.658. The van der Waals surface area contributed by atoms with E-state index in [-0.39, 0.29) is 52.2 Å². The summed E-state index contributed by atoms with van der Waals surface area (Å²) in [4.78, 5) is 28.1. The number of nitrogens with zero attached hydrogens (tertiary/aromatic N) is 2. The predicted octanol–water partition coefficient (Wildman–Crippen LogP) is -3.41. The second-order valence-corrected chi connectivity index (χ2v) is 14.8. The molecule has 9 unspecified atom stereocenters. The summed E-state index contributed by atoms with van der Waals surface area (Å²) < 4.78 is 11.6. The minimum atomic E-state index is -0.480. The molecule has 11 atom stereocenters. The molecule has 0 bridgehead atoms. The van der Waals surface area contributed by atoms with Crippen molar-refractivity contribution in [3.05, 3.63) is 11.1 Å². The van der Waals surface area contributed by atoms with E-state index in [4.69, 9.17) is 15.2 Å². The maximum Gasteiger partial charge on any atom is 0.226 e. The zero-order chi connectivity index (χ0) is 28.8. The van der Waals surface area contributed by atoms with Gasteiger partial charge in [-0.2, -0.15) is 5.01 Å². The van der Waals surface area contributed by atoms with Crippen LogP contribution < -0.4 is 43.5 Å². The van der Waals surface area contributed by atoms with Crippen LogP contribution in [0.1, 0.15) is 25.7 Å². The first-order chi connectivity index (χ1) is 20.5. The fraction of sp³-hybridized carbons (Fsp3) is 0.846. The Kier molecular flexibility index (Phi) is 9.02. The normalized spacial score (nSPS) is 44.6. The van der Waals surface area contributed by atoms with E-state index in [9.17, 15) is 9.59 Å². The molecule has 14 nitrogen and oxygen atoms in total. The van der Waals surface area contributed by atoms with Crippen LogP contribution in [-0.4, -0.2) is 121 Å². The highest BCUT2D eigenvalue weighted by atomic mass is 32.2. The van der Waals surface area contributed by atoms with Gasteiger partial charge in [-0.05, 0) is 12.8 Å². The molecule has 16 heteroatoms. The van der Waals surface area contributed by atoms with Gasteiger partial charge in [-0.1, -0.05) is 6.42 Å². The highest BCUT2D eigenvalue weighted by Crippen LogP contribution is 2.45. The summed E-state index contributed by atoms with van der Waals surface area (Å²) in [6.45, 7) is 4.84. The van der Waals surface area contributed by atoms with Crippen LogP contribution in [0, 0.1) is 11.8 Å². The Morgan fingerprint density at radius 1 is 1.17 bits per heavy atom. The van der Waals surface area contributed by atoms with Crippen LogP contribution in [0.2, 0.25) is 0 Å². The maximum atomic E-state index is 13.0. The van der Waals surface area contributed by atoms with Crippen molar-refractivity contribution in [3.8, 4) is 0 Å². The molecular weight excluding hydrogens is 580 g/mol. The zero-order valence-corrected chi connectivity index (χ0v) is 25.5. The number of amides is 1. The topological polar surface area (TPSA) is 185 Å². The Morgan fingerprint density at radius 2 is 2.00 bits per heavy atom. The number of thioether (sulfide) groups is 2. The van der Waals surface area contributed by atoms with Crippen molar-refractivity contribution in [2.75, 3.05) is 46.1 Å². The molecule has 42 heavy (non-hydrogen) atoms. The van der Waals surface area contributed by atoms with Crippen LogP contribution in [0.3, 0.4) is 0 Å². The lowest BCUT2D eigenvalue weighted by atomic mass is 9.91. The van der Waals surface area contributed by atoms with Gasteiger partial charge in [-0.15, -0.1) is 23.5 Å². The summed E-state index contributed by atoms with van der Waals surface area (Å²) in [6.07, 6.45) is 5.26. The average molecular weight is 626 g/mol. The van der Waals surface area contributed by atoms with E-state index < -0.39 is 12.0 Å². The molecule has 0 spiro atoms. The first-order valence-corrected chi connectivity index (χ1v) is 17.2. The summed E-state index contributed by atoms with van der Waals surface area (Å²) in [5.74, 6) is -0.579. The zero-order valence-electron chi connectivity index (χ0n) is 23.8. The van der Waals surface area contributed by atoms with Crippen molar-refractivity contribution in [2.24, 2.45) is 17.6 Å². The van der Waals surface area contributed by atoms with Gasteiger partial charge >= 0.3 is 0 Å². The molecule has 11 N–H and O–H groups in total. The van der Waals surface area contributed by atoms with Gasteiger partial charge in [0.2, 0.25) is 5.91 Å². The Balaban J connectivity index is 1.01. The molecule has 7 rings (SSSR count). The quantitative estimate of drug-likeness (QED) is 0.140. The van der Waals surface area contributed by atoms with E-state index in [0.29, 0.717) is 38.6 Å². The van der Waals surface area contributed by atoms with Crippen molar-refractivity contribution < 1.29 is 24.8 Å². The molecule has 7 aliphatic rings. The molecule has 6 aliphatic heterocycles. The first kappa shape index (κ1) is 29.7. The minimum absolute atomic E-state index is 0.0591. The van der Waals surface area contributed by atoms with Crippen molar-refractivity contribution in [3.63, 3.8) is 0 Å². The molecule has 6 fully saturated rings. The van der Waals surface area contributed by atoms with Crippen LogP contribution in [0.4, 0.5) is 0 Å². The lowest BCUT2D eigenvalue weighted by Gasteiger charge is -2.47. The van der Waals surface area contributed by atoms with Crippen LogP contribution in [0.5, 0.6) is 0 Å². The lowest BCUT2D eigenvalue weighted by Crippen LogP contribution is -2.79. The van der Waals surface area contributed by atoms with E-state index in [0.717, 1.165) is 37.5 Å². The van der Waals surface area contributed by atoms with E-state index in [1.165, 1.54) is 12.8 Å². The first-order valence-electron chi connectivity index (χ1n) is 15.4. The second kappa shape index (κ2) is 12.8. The predicted molar refractivity (Wildman–Crippen MR) is 159 cm³/mol. The monoisotopic (exact) mass is 625 g/mol. The number of hydrogen-bond acceptors (Lipinski definition) is 14. The Labute approximate surface area is 254 Å². The van der Waals surface area contributed by atoms with E-state index >= 15 is 0 Å². The summed E-state index contributed by atoms with van der Waals surface area (Å²) in [5, 5.41) is 21.6. The fourth-order valence-corrected chi connectivity index (χ4v) is 10.5. The number of ketones is 1. The largest absolute Gasteiger partial charge is 0.378 e. The van der Waals surface area contributed by atoms with E-state index in [1.807, 2.05) is 11.8 Å². The number of hydrazine groups is 1. The van der Waals surface area contributed by atoms with Crippen LogP contribution in [0.25, 0.3) is 0 Å². The SMILES string of the molecule is NC(=O)C1C(NC2CNC(C3COC4C(=O)C=C(N5CCOCC5)SC43)S2)NC(N[C@H]2CCCC[C@H]2[NH3+])N2NCNC12. The lowest BCUT2D eigenvalue weighted by molar-refractivity contribution is -0.431. The summed E-state index contributed by atoms with van der Waals surface area (Å²) in [5.41, 5.74) is 13.8. The van der Waals surface area contributed by atoms with Crippen LogP contribution in [-0.2, 0) is 19.1 Å². The van der Waals surface area contributed by atoms with E-state index in [2.05, 4.69) is 47.7 Å². The summed E-state index contributed by atoms with van der Waals surface area (Å²) in [7, 11) is 0.